The van der Waals surface area contributed by atoms with E-state index in [1.165, 1.54) is 0 Å². The van der Waals surface area contributed by atoms with Crippen molar-refractivity contribution >= 4 is 17.5 Å². The van der Waals surface area contributed by atoms with E-state index in [1.54, 1.807) is 12.1 Å². The van der Waals surface area contributed by atoms with Gasteiger partial charge in [-0.3, -0.25) is 4.79 Å². The Morgan fingerprint density at radius 2 is 2.11 bits per heavy atom. The molecule has 3 rings (SSSR count). The van der Waals surface area contributed by atoms with E-state index in [-0.39, 0.29) is 18.7 Å². The number of nitrogens with one attached hydrogen (secondary N) is 2. The summed E-state index contributed by atoms with van der Waals surface area (Å²) in [5.41, 5.74) is 0.453. The molecule has 0 aromatic heterocycles. The van der Waals surface area contributed by atoms with Crippen LogP contribution in [0, 0.1) is 0 Å². The average Bonchev–Trinajstić information content (AvgIpc) is 2.42. The molecule has 1 amide bonds. The highest BCUT2D eigenvalue weighted by Gasteiger charge is 2.22. The van der Waals surface area contributed by atoms with Gasteiger partial charge in [-0.2, -0.15) is 0 Å². The van der Waals surface area contributed by atoms with Crippen LogP contribution in [0.1, 0.15) is 23.2 Å². The summed E-state index contributed by atoms with van der Waals surface area (Å²) in [7, 11) is 0. The number of piperidine rings is 1. The lowest BCUT2D eigenvalue weighted by molar-refractivity contribution is 0.0882. The molecule has 0 saturated carbocycles. The van der Waals surface area contributed by atoms with Gasteiger partial charge >= 0.3 is 0 Å². The van der Waals surface area contributed by atoms with Crippen molar-refractivity contribution in [2.75, 3.05) is 19.8 Å². The van der Waals surface area contributed by atoms with E-state index in [2.05, 4.69) is 10.6 Å². The molecule has 6 heteroatoms. The first-order valence-electron chi connectivity index (χ1n) is 6.36. The third-order valence-electron chi connectivity index (χ3n) is 3.32. The van der Waals surface area contributed by atoms with Gasteiger partial charge in [-0.15, -0.1) is 0 Å². The molecule has 2 aliphatic heterocycles. The number of carbonyl (C=O) groups excluding carboxylic acids is 1. The predicted molar refractivity (Wildman–Crippen MR) is 70.9 cm³/mol. The third kappa shape index (κ3) is 2.62. The van der Waals surface area contributed by atoms with Gasteiger partial charge in [0.25, 0.3) is 5.91 Å². The van der Waals surface area contributed by atoms with Gasteiger partial charge in [0.2, 0.25) is 0 Å². The lowest BCUT2D eigenvalue weighted by Crippen LogP contribution is -2.34. The minimum Gasteiger partial charge on any atom is -0.489 e. The van der Waals surface area contributed by atoms with Crippen molar-refractivity contribution < 1.29 is 14.3 Å². The molecular formula is C13H15ClN2O3. The predicted octanol–water partition coefficient (Wildman–Crippen LogP) is 1.55. The topological polar surface area (TPSA) is 59.6 Å². The van der Waals surface area contributed by atoms with E-state index in [1.807, 2.05) is 0 Å². The van der Waals surface area contributed by atoms with E-state index in [0.717, 1.165) is 25.9 Å². The second-order valence-electron chi connectivity index (χ2n) is 4.64. The Labute approximate surface area is 116 Å². The molecule has 5 nitrogen and oxygen atoms in total. The zero-order valence-corrected chi connectivity index (χ0v) is 11.1. The van der Waals surface area contributed by atoms with Crippen molar-refractivity contribution in [2.45, 2.75) is 18.9 Å². The van der Waals surface area contributed by atoms with Gasteiger partial charge in [0.1, 0.15) is 17.6 Å². The van der Waals surface area contributed by atoms with Crippen molar-refractivity contribution in [3.63, 3.8) is 0 Å². The Bertz CT molecular complexity index is 501. The van der Waals surface area contributed by atoms with Crippen LogP contribution in [0.4, 0.5) is 0 Å². The third-order valence-corrected chi connectivity index (χ3v) is 3.61. The van der Waals surface area contributed by atoms with E-state index < -0.39 is 0 Å². The molecule has 19 heavy (non-hydrogen) atoms. The first-order chi connectivity index (χ1) is 9.24. The Hall–Kier alpha value is -1.46. The number of carbonyl (C=O) groups is 1. The van der Waals surface area contributed by atoms with Crippen LogP contribution in [-0.4, -0.2) is 31.8 Å². The first-order valence-corrected chi connectivity index (χ1v) is 6.74. The van der Waals surface area contributed by atoms with Crippen LogP contribution in [0.2, 0.25) is 5.02 Å². The Kier molecular flexibility index (Phi) is 3.48. The number of hydrogen-bond donors (Lipinski definition) is 2. The fourth-order valence-corrected chi connectivity index (χ4v) is 2.50. The van der Waals surface area contributed by atoms with Crippen LogP contribution >= 0.6 is 11.6 Å². The molecule has 0 radical (unpaired) electrons. The van der Waals surface area contributed by atoms with Crippen LogP contribution in [0.15, 0.2) is 12.1 Å². The van der Waals surface area contributed by atoms with Gasteiger partial charge in [0.15, 0.2) is 6.73 Å². The molecule has 2 aliphatic rings. The molecule has 102 valence electrons. The molecule has 1 fully saturated rings. The summed E-state index contributed by atoms with van der Waals surface area (Å²) in [4.78, 5) is 11.6. The molecule has 0 atom stereocenters. The monoisotopic (exact) mass is 282 g/mol. The number of rotatable bonds is 2. The van der Waals surface area contributed by atoms with Crippen LogP contribution in [0.5, 0.6) is 11.5 Å². The van der Waals surface area contributed by atoms with Crippen LogP contribution in [0.3, 0.4) is 0 Å². The standard InChI is InChI=1S/C13H15ClN2O3/c14-10-5-9-11(18-7-16-13(9)17)6-12(10)19-8-1-3-15-4-2-8/h5-6,8,15H,1-4,7H2,(H,16,17). The maximum atomic E-state index is 11.6. The largest absolute Gasteiger partial charge is 0.489 e. The van der Waals surface area contributed by atoms with Gasteiger partial charge in [0.05, 0.1) is 10.6 Å². The van der Waals surface area contributed by atoms with Crippen molar-refractivity contribution in [1.29, 1.82) is 0 Å². The molecule has 0 unspecified atom stereocenters. The van der Waals surface area contributed by atoms with Gasteiger partial charge in [-0.1, -0.05) is 11.6 Å². The van der Waals surface area contributed by atoms with Gasteiger partial charge in [0, 0.05) is 6.07 Å². The molecule has 2 N–H and O–H groups in total. The van der Waals surface area contributed by atoms with E-state index in [4.69, 9.17) is 21.1 Å². The minimum atomic E-state index is -0.170. The fraction of sp³-hybridized carbons (Fsp3) is 0.462. The maximum absolute atomic E-state index is 11.6. The van der Waals surface area contributed by atoms with Crippen LogP contribution in [0.25, 0.3) is 0 Å². The molecule has 1 aromatic carbocycles. The van der Waals surface area contributed by atoms with Crippen molar-refractivity contribution in [1.82, 2.24) is 10.6 Å². The Morgan fingerprint density at radius 1 is 1.32 bits per heavy atom. The van der Waals surface area contributed by atoms with E-state index in [9.17, 15) is 4.79 Å². The number of amides is 1. The fourth-order valence-electron chi connectivity index (χ4n) is 2.29. The van der Waals surface area contributed by atoms with Crippen molar-refractivity contribution in [3.05, 3.63) is 22.7 Å². The number of ether oxygens (including phenoxy) is 2. The zero-order valence-electron chi connectivity index (χ0n) is 10.4. The maximum Gasteiger partial charge on any atom is 0.257 e. The normalized spacial score (nSPS) is 19.3. The molecule has 1 saturated heterocycles. The quantitative estimate of drug-likeness (QED) is 0.864. The SMILES string of the molecule is O=C1NCOc2cc(OC3CCNCC3)c(Cl)cc21. The molecule has 0 aliphatic carbocycles. The summed E-state index contributed by atoms with van der Waals surface area (Å²) in [6.07, 6.45) is 2.07. The summed E-state index contributed by atoms with van der Waals surface area (Å²) < 4.78 is 11.3. The van der Waals surface area contributed by atoms with Gasteiger partial charge in [-0.05, 0) is 32.0 Å². The highest BCUT2D eigenvalue weighted by molar-refractivity contribution is 6.32. The molecule has 0 bridgehead atoms. The highest BCUT2D eigenvalue weighted by Crippen LogP contribution is 2.35. The summed E-state index contributed by atoms with van der Waals surface area (Å²) in [5, 5.41) is 6.32. The summed E-state index contributed by atoms with van der Waals surface area (Å²) in [6, 6.07) is 3.31. The van der Waals surface area contributed by atoms with E-state index in [0.29, 0.717) is 22.1 Å². The number of fused-ring (bicyclic) bond motifs is 1. The number of halogens is 1. The Morgan fingerprint density at radius 3 is 2.89 bits per heavy atom. The zero-order chi connectivity index (χ0) is 13.2. The minimum absolute atomic E-state index is 0.161. The summed E-state index contributed by atoms with van der Waals surface area (Å²) in [6.45, 7) is 2.08. The molecule has 2 heterocycles. The second kappa shape index (κ2) is 5.27. The Balaban J connectivity index is 1.83. The van der Waals surface area contributed by atoms with E-state index >= 15 is 0 Å². The average molecular weight is 283 g/mol. The molecule has 0 spiro atoms. The lowest BCUT2D eigenvalue weighted by atomic mass is 10.1. The first kappa shape index (κ1) is 12.6. The van der Waals surface area contributed by atoms with Crippen molar-refractivity contribution in [3.8, 4) is 11.5 Å². The number of benzene rings is 1. The molecular weight excluding hydrogens is 268 g/mol. The smallest absolute Gasteiger partial charge is 0.257 e. The van der Waals surface area contributed by atoms with Crippen LogP contribution < -0.4 is 20.1 Å². The molecule has 1 aromatic rings. The second-order valence-corrected chi connectivity index (χ2v) is 5.05. The highest BCUT2D eigenvalue weighted by atomic mass is 35.5. The summed E-state index contributed by atoms with van der Waals surface area (Å²) >= 11 is 6.17. The van der Waals surface area contributed by atoms with Gasteiger partial charge < -0.3 is 20.1 Å². The summed E-state index contributed by atoms with van der Waals surface area (Å²) in [5.74, 6) is 0.940. The van der Waals surface area contributed by atoms with Crippen LogP contribution in [-0.2, 0) is 0 Å². The van der Waals surface area contributed by atoms with Crippen molar-refractivity contribution in [2.24, 2.45) is 0 Å². The lowest BCUT2D eigenvalue weighted by Gasteiger charge is -2.25. The van der Waals surface area contributed by atoms with Gasteiger partial charge in [-0.25, -0.2) is 0 Å². The number of hydrogen-bond acceptors (Lipinski definition) is 4.